The number of fused-ring (bicyclic) bond motifs is 3. The number of rotatable bonds is 1. The highest BCUT2D eigenvalue weighted by atomic mass is 32.1. The van der Waals surface area contributed by atoms with Gasteiger partial charge in [-0.15, -0.1) is 0 Å². The molecule has 0 aliphatic heterocycles. The van der Waals surface area contributed by atoms with Crippen molar-refractivity contribution in [2.75, 3.05) is 0 Å². The topological polar surface area (TPSA) is 17.0 Å². The molecule has 0 saturated carbocycles. The third kappa shape index (κ3) is 1.53. The molecule has 98 valence electrons. The molecule has 2 heterocycles. The highest BCUT2D eigenvalue weighted by Gasteiger charge is 2.25. The summed E-state index contributed by atoms with van der Waals surface area (Å²) in [5, 5.41) is 2.44. The van der Waals surface area contributed by atoms with Crippen LogP contribution in [0.15, 0.2) is 52.9 Å². The van der Waals surface area contributed by atoms with Crippen LogP contribution in [-0.4, -0.2) is 0 Å². The minimum absolute atomic E-state index is 0.953. The van der Waals surface area contributed by atoms with E-state index in [9.17, 15) is 0 Å². The maximum Gasteiger partial charge on any atom is 0.393 e. The number of thiazole rings is 1. The van der Waals surface area contributed by atoms with Gasteiger partial charge in [0.15, 0.2) is 4.70 Å². The summed E-state index contributed by atoms with van der Waals surface area (Å²) in [6, 6.07) is 16.7. The van der Waals surface area contributed by atoms with Crippen LogP contribution in [0, 0.1) is 6.92 Å². The van der Waals surface area contributed by atoms with Gasteiger partial charge in [0.2, 0.25) is 0 Å². The van der Waals surface area contributed by atoms with Gasteiger partial charge < -0.3 is 4.42 Å². The Kier molecular flexibility index (Phi) is 2.44. The van der Waals surface area contributed by atoms with Crippen molar-refractivity contribution in [1.82, 2.24) is 0 Å². The Bertz CT molecular complexity index is 933. The summed E-state index contributed by atoms with van der Waals surface area (Å²) in [5.74, 6) is 0. The molecule has 0 fully saturated rings. The van der Waals surface area contributed by atoms with E-state index in [0.717, 1.165) is 11.3 Å². The molecule has 0 amide bonds. The molecule has 2 aromatic carbocycles. The van der Waals surface area contributed by atoms with Gasteiger partial charge in [-0.1, -0.05) is 41.7 Å². The minimum atomic E-state index is 0.953. The average molecular weight is 280 g/mol. The van der Waals surface area contributed by atoms with E-state index in [-0.39, 0.29) is 0 Å². The molecule has 2 aromatic heterocycles. The molecule has 0 aliphatic carbocycles. The van der Waals surface area contributed by atoms with E-state index in [4.69, 9.17) is 4.42 Å². The van der Waals surface area contributed by atoms with Crippen LogP contribution in [0.1, 0.15) is 5.56 Å². The fourth-order valence-corrected chi connectivity index (χ4v) is 3.93. The number of benzene rings is 2. The number of hydrogen-bond donors (Lipinski definition) is 0. The van der Waals surface area contributed by atoms with Gasteiger partial charge in [-0.2, -0.15) is 4.57 Å². The summed E-state index contributed by atoms with van der Waals surface area (Å²) < 4.78 is 9.38. The van der Waals surface area contributed by atoms with Crippen molar-refractivity contribution >= 4 is 32.7 Å². The zero-order valence-corrected chi connectivity index (χ0v) is 12.2. The molecule has 0 bridgehead atoms. The van der Waals surface area contributed by atoms with Crippen molar-refractivity contribution in [2.45, 2.75) is 6.92 Å². The summed E-state index contributed by atoms with van der Waals surface area (Å²) in [4.78, 5) is 0. The van der Waals surface area contributed by atoms with Crippen LogP contribution >= 0.6 is 11.3 Å². The standard InChI is InChI=1S/C17H14NOS/c1-11-7-3-4-8-12(11)17-18(2)16-15(20-17)13-9-5-6-10-14(13)19-16/h3-10H,1-2H3/q+1. The average Bonchev–Trinajstić information content (AvgIpc) is 2.97. The molecule has 2 nitrogen and oxygen atoms in total. The maximum absolute atomic E-state index is 6.00. The first-order valence-corrected chi connectivity index (χ1v) is 7.43. The maximum atomic E-state index is 6.00. The summed E-state index contributed by atoms with van der Waals surface area (Å²) in [6.45, 7) is 2.15. The van der Waals surface area contributed by atoms with E-state index in [1.54, 1.807) is 11.3 Å². The van der Waals surface area contributed by atoms with Crippen LogP contribution in [-0.2, 0) is 7.05 Å². The first-order valence-electron chi connectivity index (χ1n) is 6.62. The summed E-state index contributed by atoms with van der Waals surface area (Å²) in [6.07, 6.45) is 0. The summed E-state index contributed by atoms with van der Waals surface area (Å²) >= 11 is 1.80. The van der Waals surface area contributed by atoms with Crippen LogP contribution in [0.4, 0.5) is 0 Å². The van der Waals surface area contributed by atoms with Crippen molar-refractivity contribution in [3.05, 3.63) is 54.1 Å². The summed E-state index contributed by atoms with van der Waals surface area (Å²) in [5.41, 5.74) is 4.47. The molecule has 0 saturated heterocycles. The van der Waals surface area contributed by atoms with Crippen molar-refractivity contribution in [3.63, 3.8) is 0 Å². The molecule has 3 heteroatoms. The molecule has 0 unspecified atom stereocenters. The largest absolute Gasteiger partial charge is 0.403 e. The minimum Gasteiger partial charge on any atom is -0.403 e. The van der Waals surface area contributed by atoms with Crippen molar-refractivity contribution in [1.29, 1.82) is 0 Å². The molecule has 20 heavy (non-hydrogen) atoms. The smallest absolute Gasteiger partial charge is 0.393 e. The summed E-state index contributed by atoms with van der Waals surface area (Å²) in [7, 11) is 2.07. The SMILES string of the molecule is Cc1ccccc1-c1sc2c3ccccc3oc2[n+]1C. The van der Waals surface area contributed by atoms with Crippen LogP contribution in [0.5, 0.6) is 0 Å². The molecule has 0 atom stereocenters. The van der Waals surface area contributed by atoms with Gasteiger partial charge in [0.1, 0.15) is 12.6 Å². The molecule has 4 aromatic rings. The molecule has 0 N–H and O–H groups in total. The van der Waals surface area contributed by atoms with Crippen molar-refractivity contribution < 1.29 is 8.98 Å². The van der Waals surface area contributed by atoms with E-state index in [0.29, 0.717) is 0 Å². The van der Waals surface area contributed by atoms with E-state index in [1.807, 2.05) is 12.1 Å². The van der Waals surface area contributed by atoms with E-state index < -0.39 is 0 Å². The Morgan fingerprint density at radius 3 is 2.60 bits per heavy atom. The Labute approximate surface area is 120 Å². The Morgan fingerprint density at radius 1 is 1.00 bits per heavy atom. The third-order valence-corrected chi connectivity index (χ3v) is 5.00. The molecular weight excluding hydrogens is 266 g/mol. The van der Waals surface area contributed by atoms with Gasteiger partial charge in [-0.3, -0.25) is 0 Å². The van der Waals surface area contributed by atoms with Crippen LogP contribution < -0.4 is 4.57 Å². The predicted molar refractivity (Wildman–Crippen MR) is 82.9 cm³/mol. The fourth-order valence-electron chi connectivity index (χ4n) is 2.63. The van der Waals surface area contributed by atoms with Gasteiger partial charge in [-0.05, 0) is 30.7 Å². The zero-order chi connectivity index (χ0) is 13.7. The zero-order valence-electron chi connectivity index (χ0n) is 11.4. The van der Waals surface area contributed by atoms with Crippen LogP contribution in [0.25, 0.3) is 32.0 Å². The van der Waals surface area contributed by atoms with Gasteiger partial charge >= 0.3 is 5.71 Å². The molecule has 0 aliphatic rings. The molecule has 0 radical (unpaired) electrons. The number of aromatic nitrogens is 1. The Hall–Kier alpha value is -2.13. The predicted octanol–water partition coefficient (Wildman–Crippen LogP) is 4.45. The second kappa shape index (κ2) is 4.18. The number of hydrogen-bond acceptors (Lipinski definition) is 2. The second-order valence-corrected chi connectivity index (χ2v) is 6.01. The van der Waals surface area contributed by atoms with E-state index in [1.165, 1.54) is 26.2 Å². The van der Waals surface area contributed by atoms with E-state index >= 15 is 0 Å². The lowest BCUT2D eigenvalue weighted by Gasteiger charge is -1.98. The van der Waals surface area contributed by atoms with Crippen molar-refractivity contribution in [2.24, 2.45) is 7.05 Å². The highest BCUT2D eigenvalue weighted by molar-refractivity contribution is 7.22. The monoisotopic (exact) mass is 280 g/mol. The number of furan rings is 1. The molecular formula is C17H14NOS+. The quantitative estimate of drug-likeness (QED) is 0.471. The van der Waals surface area contributed by atoms with Crippen LogP contribution in [0.2, 0.25) is 0 Å². The van der Waals surface area contributed by atoms with Crippen LogP contribution in [0.3, 0.4) is 0 Å². The van der Waals surface area contributed by atoms with Gasteiger partial charge in [0.05, 0.1) is 5.56 Å². The Morgan fingerprint density at radius 2 is 1.75 bits per heavy atom. The van der Waals surface area contributed by atoms with E-state index in [2.05, 4.69) is 54.9 Å². The molecule has 4 rings (SSSR count). The van der Waals surface area contributed by atoms with Gasteiger partial charge in [0.25, 0.3) is 5.01 Å². The number of nitrogens with zero attached hydrogens (tertiary/aromatic N) is 1. The lowest BCUT2D eigenvalue weighted by molar-refractivity contribution is -0.636. The first-order chi connectivity index (χ1) is 9.75. The Balaban J connectivity index is 2.07. The molecule has 0 spiro atoms. The fraction of sp³-hybridized carbons (Fsp3) is 0.118. The number of para-hydroxylation sites is 1. The first kappa shape index (κ1) is 11.7. The highest BCUT2D eigenvalue weighted by Crippen LogP contribution is 2.36. The lowest BCUT2D eigenvalue weighted by Crippen LogP contribution is -2.28. The second-order valence-electron chi connectivity index (χ2n) is 5.01. The normalized spacial score (nSPS) is 11.5. The number of aryl methyl sites for hydroxylation is 2. The third-order valence-electron chi connectivity index (χ3n) is 3.72. The lowest BCUT2D eigenvalue weighted by atomic mass is 10.1. The van der Waals surface area contributed by atoms with Gasteiger partial charge in [-0.25, -0.2) is 0 Å². The van der Waals surface area contributed by atoms with Crippen molar-refractivity contribution in [3.8, 4) is 10.6 Å². The van der Waals surface area contributed by atoms with Gasteiger partial charge in [0, 0.05) is 5.39 Å².